The molecule has 4 amide bonds. The normalized spacial score (nSPS) is 15.4. The number of anilines is 1. The lowest BCUT2D eigenvalue weighted by molar-refractivity contribution is -0.122. The van der Waals surface area contributed by atoms with Crippen LogP contribution >= 0.6 is 11.6 Å². The highest BCUT2D eigenvalue weighted by atomic mass is 35.5. The summed E-state index contributed by atoms with van der Waals surface area (Å²) in [6.45, 7) is 6.01. The van der Waals surface area contributed by atoms with Gasteiger partial charge in [0.25, 0.3) is 11.8 Å². The molecule has 1 heterocycles. The number of halogens is 1. The number of amides is 4. The van der Waals surface area contributed by atoms with Crippen LogP contribution in [-0.2, 0) is 9.59 Å². The van der Waals surface area contributed by atoms with Crippen LogP contribution in [0.3, 0.4) is 0 Å². The van der Waals surface area contributed by atoms with Crippen LogP contribution in [0.2, 0.25) is 5.02 Å². The second-order valence-electron chi connectivity index (χ2n) is 6.68. The summed E-state index contributed by atoms with van der Waals surface area (Å²) in [6, 6.07) is 7.49. The molecule has 0 saturated carbocycles. The van der Waals surface area contributed by atoms with Gasteiger partial charge in [-0.15, -0.1) is 0 Å². The molecule has 1 aliphatic rings. The average Bonchev–Trinajstić information content (AvgIpc) is 2.69. The van der Waals surface area contributed by atoms with E-state index >= 15 is 0 Å². The number of hydrogen-bond donors (Lipinski definition) is 1. The van der Waals surface area contributed by atoms with E-state index in [9.17, 15) is 14.4 Å². The quantitative estimate of drug-likeness (QED) is 0.574. The van der Waals surface area contributed by atoms with E-state index in [1.54, 1.807) is 24.3 Å². The zero-order chi connectivity index (χ0) is 22.0. The molecule has 2 aromatic rings. The van der Waals surface area contributed by atoms with E-state index in [4.69, 9.17) is 21.1 Å². The molecule has 0 aromatic heterocycles. The van der Waals surface area contributed by atoms with Gasteiger partial charge in [-0.05, 0) is 61.7 Å². The van der Waals surface area contributed by atoms with Crippen LogP contribution in [0.1, 0.15) is 23.6 Å². The standard InChI is InChI=1S/C22H21ClN2O5/c1-5-30-19-10-14(17(23)11-18(19)29-4)9-16-20(26)24-22(28)25(21(16)27)15-7-6-12(2)13(3)8-15/h6-11H,5H2,1-4H3,(H,24,26,28)/b16-9+. The van der Waals surface area contributed by atoms with Gasteiger partial charge in [0.1, 0.15) is 5.57 Å². The highest BCUT2D eigenvalue weighted by Gasteiger charge is 2.37. The fraction of sp³-hybridized carbons (Fsp3) is 0.227. The number of nitrogens with zero attached hydrogens (tertiary/aromatic N) is 1. The third kappa shape index (κ3) is 4.02. The van der Waals surface area contributed by atoms with Gasteiger partial charge >= 0.3 is 6.03 Å². The van der Waals surface area contributed by atoms with Crippen molar-refractivity contribution in [3.8, 4) is 11.5 Å². The molecule has 8 heteroatoms. The van der Waals surface area contributed by atoms with Crippen LogP contribution in [0.15, 0.2) is 35.9 Å². The molecule has 1 fully saturated rings. The smallest absolute Gasteiger partial charge is 0.335 e. The SMILES string of the molecule is CCOc1cc(/C=C2\C(=O)NC(=O)N(c3ccc(C)c(C)c3)C2=O)c(Cl)cc1OC. The van der Waals surface area contributed by atoms with Crippen LogP contribution in [0.25, 0.3) is 6.08 Å². The van der Waals surface area contributed by atoms with E-state index in [1.165, 1.54) is 19.3 Å². The Morgan fingerprint density at radius 3 is 2.43 bits per heavy atom. The van der Waals surface area contributed by atoms with Crippen molar-refractivity contribution in [3.63, 3.8) is 0 Å². The Balaban J connectivity index is 2.06. The molecular weight excluding hydrogens is 408 g/mol. The fourth-order valence-corrected chi connectivity index (χ4v) is 3.21. The van der Waals surface area contributed by atoms with Crippen LogP contribution in [0.5, 0.6) is 11.5 Å². The predicted octanol–water partition coefficient (Wildman–Crippen LogP) is 4.03. The molecule has 1 saturated heterocycles. The zero-order valence-electron chi connectivity index (χ0n) is 17.0. The van der Waals surface area contributed by atoms with Crippen LogP contribution in [0, 0.1) is 13.8 Å². The second-order valence-corrected chi connectivity index (χ2v) is 7.09. The Kier molecular flexibility index (Phi) is 6.12. The third-order valence-electron chi connectivity index (χ3n) is 4.73. The number of carbonyl (C=O) groups is 3. The first-order chi connectivity index (χ1) is 14.3. The third-order valence-corrected chi connectivity index (χ3v) is 5.06. The first-order valence-corrected chi connectivity index (χ1v) is 9.63. The lowest BCUT2D eigenvalue weighted by atomic mass is 10.0. The molecule has 0 bridgehead atoms. The topological polar surface area (TPSA) is 84.9 Å². The van der Waals surface area contributed by atoms with Gasteiger partial charge in [0.15, 0.2) is 11.5 Å². The van der Waals surface area contributed by atoms with E-state index < -0.39 is 17.8 Å². The van der Waals surface area contributed by atoms with Gasteiger partial charge in [-0.2, -0.15) is 0 Å². The summed E-state index contributed by atoms with van der Waals surface area (Å²) in [4.78, 5) is 38.8. The van der Waals surface area contributed by atoms with Crippen molar-refractivity contribution in [2.45, 2.75) is 20.8 Å². The fourth-order valence-electron chi connectivity index (χ4n) is 3.00. The van der Waals surface area contributed by atoms with Crippen molar-refractivity contribution in [2.24, 2.45) is 0 Å². The maximum atomic E-state index is 13.1. The zero-order valence-corrected chi connectivity index (χ0v) is 17.8. The van der Waals surface area contributed by atoms with E-state index in [1.807, 2.05) is 20.8 Å². The summed E-state index contributed by atoms with van der Waals surface area (Å²) in [7, 11) is 1.48. The van der Waals surface area contributed by atoms with Gasteiger partial charge in [0.05, 0.1) is 24.4 Å². The number of urea groups is 1. The minimum Gasteiger partial charge on any atom is -0.493 e. The first-order valence-electron chi connectivity index (χ1n) is 9.25. The Labute approximate surface area is 179 Å². The molecule has 1 aliphatic heterocycles. The van der Waals surface area contributed by atoms with Crippen molar-refractivity contribution < 1.29 is 23.9 Å². The van der Waals surface area contributed by atoms with Gasteiger partial charge in [-0.25, -0.2) is 9.69 Å². The summed E-state index contributed by atoms with van der Waals surface area (Å²) < 4.78 is 10.8. The molecule has 30 heavy (non-hydrogen) atoms. The maximum Gasteiger partial charge on any atom is 0.335 e. The van der Waals surface area contributed by atoms with Gasteiger partial charge < -0.3 is 9.47 Å². The van der Waals surface area contributed by atoms with Crippen LogP contribution < -0.4 is 19.7 Å². The van der Waals surface area contributed by atoms with Gasteiger partial charge in [0, 0.05) is 6.07 Å². The maximum absolute atomic E-state index is 13.1. The molecule has 2 aromatic carbocycles. The van der Waals surface area contributed by atoms with E-state index in [0.29, 0.717) is 29.4 Å². The molecular formula is C22H21ClN2O5. The number of ether oxygens (including phenoxy) is 2. The number of nitrogens with one attached hydrogen (secondary N) is 1. The molecule has 0 atom stereocenters. The number of benzene rings is 2. The van der Waals surface area contributed by atoms with Crippen molar-refractivity contribution in [1.82, 2.24) is 5.32 Å². The van der Waals surface area contributed by atoms with Gasteiger partial charge in [0.2, 0.25) is 0 Å². The molecule has 0 spiro atoms. The highest BCUT2D eigenvalue weighted by molar-refractivity contribution is 6.40. The monoisotopic (exact) mass is 428 g/mol. The van der Waals surface area contributed by atoms with E-state index in [0.717, 1.165) is 16.0 Å². The number of aryl methyl sites for hydroxylation is 2. The van der Waals surface area contributed by atoms with Gasteiger partial charge in [-0.3, -0.25) is 14.9 Å². The van der Waals surface area contributed by atoms with Crippen molar-refractivity contribution >= 4 is 41.2 Å². The lowest BCUT2D eigenvalue weighted by Gasteiger charge is -2.27. The Hall–Kier alpha value is -3.32. The number of imide groups is 2. The molecule has 7 nitrogen and oxygen atoms in total. The van der Waals surface area contributed by atoms with E-state index in [2.05, 4.69) is 5.32 Å². The summed E-state index contributed by atoms with van der Waals surface area (Å²) >= 11 is 6.31. The number of rotatable bonds is 5. The summed E-state index contributed by atoms with van der Waals surface area (Å²) in [5, 5.41) is 2.47. The van der Waals surface area contributed by atoms with Crippen molar-refractivity contribution in [2.75, 3.05) is 18.6 Å². The van der Waals surface area contributed by atoms with Gasteiger partial charge in [-0.1, -0.05) is 17.7 Å². The molecule has 0 unspecified atom stereocenters. The van der Waals surface area contributed by atoms with E-state index in [-0.39, 0.29) is 10.6 Å². The first kappa shape index (κ1) is 21.4. The Bertz CT molecular complexity index is 1080. The van der Waals surface area contributed by atoms with Crippen molar-refractivity contribution in [3.05, 3.63) is 57.6 Å². The highest BCUT2D eigenvalue weighted by Crippen LogP contribution is 2.35. The molecule has 156 valence electrons. The lowest BCUT2D eigenvalue weighted by Crippen LogP contribution is -2.54. The number of barbiturate groups is 1. The minimum atomic E-state index is -0.804. The summed E-state index contributed by atoms with van der Waals surface area (Å²) in [6.07, 6.45) is 1.34. The Morgan fingerprint density at radius 2 is 1.80 bits per heavy atom. The number of carbonyl (C=O) groups excluding carboxylic acids is 3. The summed E-state index contributed by atoms with van der Waals surface area (Å²) in [5.41, 5.74) is 2.46. The molecule has 0 aliphatic carbocycles. The number of methoxy groups -OCH3 is 1. The van der Waals surface area contributed by atoms with Crippen molar-refractivity contribution in [1.29, 1.82) is 0 Å². The Morgan fingerprint density at radius 1 is 1.07 bits per heavy atom. The second kappa shape index (κ2) is 8.59. The molecule has 0 radical (unpaired) electrons. The minimum absolute atomic E-state index is 0.220. The predicted molar refractivity (Wildman–Crippen MR) is 114 cm³/mol. The summed E-state index contributed by atoms with van der Waals surface area (Å²) in [5.74, 6) is -0.691. The van der Waals surface area contributed by atoms with Crippen LogP contribution in [0.4, 0.5) is 10.5 Å². The average molecular weight is 429 g/mol. The largest absolute Gasteiger partial charge is 0.493 e. The number of hydrogen-bond acceptors (Lipinski definition) is 5. The molecule has 1 N–H and O–H groups in total. The molecule has 3 rings (SSSR count). The van der Waals surface area contributed by atoms with Crippen LogP contribution in [-0.4, -0.2) is 31.6 Å².